The van der Waals surface area contributed by atoms with Gasteiger partial charge in [0.05, 0.1) is 35.9 Å². The van der Waals surface area contributed by atoms with Gasteiger partial charge in [-0.3, -0.25) is 9.69 Å². The van der Waals surface area contributed by atoms with Gasteiger partial charge in [-0.15, -0.1) is 0 Å². The molecule has 2 unspecified atom stereocenters. The zero-order chi connectivity index (χ0) is 27.9. The van der Waals surface area contributed by atoms with Crippen LogP contribution in [0.15, 0.2) is 36.4 Å². The van der Waals surface area contributed by atoms with Gasteiger partial charge in [0.2, 0.25) is 0 Å². The molecular weight excluding hydrogens is 511 g/mol. The van der Waals surface area contributed by atoms with E-state index in [1.54, 1.807) is 20.8 Å². The number of methoxy groups -OCH3 is 1. The highest BCUT2D eigenvalue weighted by Gasteiger charge is 2.44. The summed E-state index contributed by atoms with van der Waals surface area (Å²) in [5.74, 6) is -4.68. The number of fused-ring (bicyclic) bond motifs is 1. The fourth-order valence-electron chi connectivity index (χ4n) is 4.55. The molecule has 1 aliphatic rings. The summed E-state index contributed by atoms with van der Waals surface area (Å²) in [6, 6.07) is 3.45. The minimum Gasteiger partial charge on any atom is -0.469 e. The number of benzene rings is 2. The van der Waals surface area contributed by atoms with Crippen molar-refractivity contribution in [3.05, 3.63) is 64.5 Å². The lowest BCUT2D eigenvalue weighted by atomic mass is 9.74. The van der Waals surface area contributed by atoms with Gasteiger partial charge in [-0.05, 0) is 74.7 Å². The van der Waals surface area contributed by atoms with Gasteiger partial charge >= 0.3 is 24.4 Å². The fourth-order valence-corrected chi connectivity index (χ4v) is 4.55. The molecule has 2 aromatic carbocycles. The zero-order valence-corrected chi connectivity index (χ0v) is 20.2. The number of ether oxygens (including phenoxy) is 2. The van der Waals surface area contributed by atoms with Crippen molar-refractivity contribution in [3.63, 3.8) is 0 Å². The highest BCUT2D eigenvalue weighted by Crippen LogP contribution is 2.48. The Morgan fingerprint density at radius 2 is 1.54 bits per heavy atom. The average Bonchev–Trinajstić information content (AvgIpc) is 2.77. The van der Waals surface area contributed by atoms with E-state index in [0.717, 1.165) is 19.2 Å². The molecule has 0 bridgehead atoms. The molecule has 37 heavy (non-hydrogen) atoms. The Balaban J connectivity index is 2.25. The van der Waals surface area contributed by atoms with Crippen molar-refractivity contribution in [2.45, 2.75) is 63.5 Å². The van der Waals surface area contributed by atoms with Crippen LogP contribution in [0.25, 0.3) is 0 Å². The second-order valence-corrected chi connectivity index (χ2v) is 9.04. The first-order chi connectivity index (χ1) is 17.0. The molecule has 0 fully saturated rings. The van der Waals surface area contributed by atoms with Crippen molar-refractivity contribution in [1.82, 2.24) is 0 Å². The second-order valence-electron chi connectivity index (χ2n) is 9.04. The third-order valence-electron chi connectivity index (χ3n) is 6.04. The summed E-state index contributed by atoms with van der Waals surface area (Å²) in [5.41, 5.74) is -3.64. The predicted molar refractivity (Wildman–Crippen MR) is 119 cm³/mol. The molecule has 0 N–H and O–H groups in total. The molecule has 0 spiro atoms. The predicted octanol–water partition coefficient (Wildman–Crippen LogP) is 7.05. The van der Waals surface area contributed by atoms with Gasteiger partial charge in [-0.1, -0.05) is 0 Å². The first kappa shape index (κ1) is 28.3. The summed E-state index contributed by atoms with van der Waals surface area (Å²) >= 11 is 0. The molecule has 202 valence electrons. The number of amides is 1. The van der Waals surface area contributed by atoms with Crippen LogP contribution in [-0.4, -0.2) is 31.3 Å². The lowest BCUT2D eigenvalue weighted by molar-refractivity contribution is -0.145. The van der Waals surface area contributed by atoms with Crippen molar-refractivity contribution >= 4 is 17.7 Å². The van der Waals surface area contributed by atoms with Crippen molar-refractivity contribution < 1.29 is 49.8 Å². The molecule has 1 amide bonds. The third kappa shape index (κ3) is 5.99. The van der Waals surface area contributed by atoms with Crippen molar-refractivity contribution in [3.8, 4) is 0 Å². The lowest BCUT2D eigenvalue weighted by Crippen LogP contribution is -2.45. The Morgan fingerprint density at radius 1 is 0.973 bits per heavy atom. The van der Waals surface area contributed by atoms with Crippen LogP contribution in [0.5, 0.6) is 0 Å². The highest BCUT2D eigenvalue weighted by atomic mass is 19.4. The Bertz CT molecular complexity index is 1140. The van der Waals surface area contributed by atoms with E-state index in [1.807, 2.05) is 0 Å². The first-order valence-electron chi connectivity index (χ1n) is 11.2. The third-order valence-corrected chi connectivity index (χ3v) is 6.04. The molecule has 0 saturated carbocycles. The monoisotopic (exact) mass is 535 g/mol. The standard InChI is InChI=1S/C25H24F7NO4/c1-12(2)37-23(35)33-13(3)7-19(18-11-17(26)5-6-20(18)33)21(22(34)36-4)14-8-15(24(27,28)29)10-16(9-14)25(30,31)32/h5-6,8-13,19,21H,7H2,1-4H3/t13-,19?,21?/m0/s1. The minimum atomic E-state index is -5.14. The number of halogens is 7. The van der Waals surface area contributed by atoms with Gasteiger partial charge in [0.15, 0.2) is 0 Å². The van der Waals surface area contributed by atoms with Crippen LogP contribution in [0.1, 0.15) is 61.3 Å². The lowest BCUT2D eigenvalue weighted by Gasteiger charge is -2.41. The minimum absolute atomic E-state index is 0.0418. The number of hydrogen-bond acceptors (Lipinski definition) is 4. The highest BCUT2D eigenvalue weighted by molar-refractivity contribution is 5.91. The Kier molecular flexibility index (Phi) is 7.80. The Labute approximate surface area is 208 Å². The number of alkyl halides is 6. The number of hydrogen-bond donors (Lipinski definition) is 0. The van der Waals surface area contributed by atoms with Gasteiger partial charge in [0.25, 0.3) is 0 Å². The summed E-state index contributed by atoms with van der Waals surface area (Å²) in [6.07, 6.45) is -11.7. The van der Waals surface area contributed by atoms with Crippen LogP contribution in [0.2, 0.25) is 0 Å². The van der Waals surface area contributed by atoms with E-state index in [0.29, 0.717) is 12.1 Å². The summed E-state index contributed by atoms with van der Waals surface area (Å²) in [6.45, 7) is 4.79. The molecule has 3 rings (SSSR count). The van der Waals surface area contributed by atoms with Crippen molar-refractivity contribution in [2.75, 3.05) is 12.0 Å². The van der Waals surface area contributed by atoms with E-state index in [1.165, 1.54) is 11.0 Å². The van der Waals surface area contributed by atoms with Gasteiger partial charge in [-0.2, -0.15) is 26.3 Å². The molecule has 3 atom stereocenters. The maximum Gasteiger partial charge on any atom is 0.416 e. The fraction of sp³-hybridized carbons (Fsp3) is 0.440. The van der Waals surface area contributed by atoms with Crippen molar-refractivity contribution in [1.29, 1.82) is 0 Å². The number of anilines is 1. The Morgan fingerprint density at radius 3 is 2.03 bits per heavy atom. The molecule has 1 heterocycles. The molecule has 0 saturated heterocycles. The largest absolute Gasteiger partial charge is 0.469 e. The molecular formula is C25H24F7NO4. The van der Waals surface area contributed by atoms with Crippen LogP contribution in [-0.2, 0) is 26.6 Å². The van der Waals surface area contributed by atoms with Gasteiger partial charge in [0.1, 0.15) is 5.82 Å². The van der Waals surface area contributed by atoms with Crippen LogP contribution < -0.4 is 4.90 Å². The van der Waals surface area contributed by atoms with E-state index in [-0.39, 0.29) is 23.7 Å². The number of esters is 1. The summed E-state index contributed by atoms with van der Waals surface area (Å²) in [7, 11) is 0.943. The molecule has 12 heteroatoms. The van der Waals surface area contributed by atoms with Crippen molar-refractivity contribution in [2.24, 2.45) is 0 Å². The normalized spacial score (nSPS) is 18.9. The number of carbonyl (C=O) groups is 2. The molecule has 0 aliphatic carbocycles. The van der Waals surface area contributed by atoms with E-state index in [4.69, 9.17) is 9.47 Å². The van der Waals surface area contributed by atoms with Gasteiger partial charge in [0, 0.05) is 12.0 Å². The van der Waals surface area contributed by atoms with E-state index >= 15 is 0 Å². The molecule has 1 aliphatic heterocycles. The first-order valence-corrected chi connectivity index (χ1v) is 11.2. The van der Waals surface area contributed by atoms with E-state index < -0.39 is 70.9 Å². The van der Waals surface area contributed by atoms with Crippen LogP contribution in [0.3, 0.4) is 0 Å². The van der Waals surface area contributed by atoms with Crippen LogP contribution >= 0.6 is 0 Å². The number of rotatable bonds is 4. The van der Waals surface area contributed by atoms with Gasteiger partial charge in [-0.25, -0.2) is 9.18 Å². The average molecular weight is 535 g/mol. The maximum absolute atomic E-state index is 14.3. The van der Waals surface area contributed by atoms with E-state index in [2.05, 4.69) is 0 Å². The maximum atomic E-state index is 14.3. The number of carbonyl (C=O) groups excluding carboxylic acids is 2. The Hall–Kier alpha value is -3.31. The summed E-state index contributed by atoms with van der Waals surface area (Å²) in [4.78, 5) is 26.9. The van der Waals surface area contributed by atoms with Crippen LogP contribution in [0, 0.1) is 5.82 Å². The molecule has 0 aromatic heterocycles. The number of nitrogens with zero attached hydrogens (tertiary/aromatic N) is 1. The smallest absolute Gasteiger partial charge is 0.416 e. The molecule has 5 nitrogen and oxygen atoms in total. The summed E-state index contributed by atoms with van der Waals surface area (Å²) < 4.78 is 106. The van der Waals surface area contributed by atoms with Gasteiger partial charge < -0.3 is 9.47 Å². The van der Waals surface area contributed by atoms with Crippen LogP contribution in [0.4, 0.5) is 41.2 Å². The second kappa shape index (κ2) is 10.2. The molecule has 0 radical (unpaired) electrons. The zero-order valence-electron chi connectivity index (χ0n) is 20.2. The SMILES string of the molecule is COC(=O)C(c1cc(C(F)(F)F)cc(C(F)(F)F)c1)C1C[C@H](C)N(C(=O)OC(C)C)c2ccc(F)cc21. The summed E-state index contributed by atoms with van der Waals surface area (Å²) in [5, 5.41) is 0. The molecule has 2 aromatic rings. The van der Waals surface area contributed by atoms with E-state index in [9.17, 15) is 40.3 Å². The topological polar surface area (TPSA) is 55.8 Å². The quantitative estimate of drug-likeness (QED) is 0.311.